The topological polar surface area (TPSA) is 37.3 Å². The van der Waals surface area contributed by atoms with Crippen LogP contribution >= 0.6 is 15.9 Å². The summed E-state index contributed by atoms with van der Waals surface area (Å²) in [5.41, 5.74) is 1.17. The van der Waals surface area contributed by atoms with Gasteiger partial charge >= 0.3 is 5.97 Å². The van der Waals surface area contributed by atoms with Gasteiger partial charge in [-0.25, -0.2) is 0 Å². The first-order chi connectivity index (χ1) is 6.52. The molecule has 0 aliphatic rings. The minimum atomic E-state index is -0.817. The van der Waals surface area contributed by atoms with Gasteiger partial charge in [-0.15, -0.1) is 0 Å². The number of carboxylic acid groups (broad SMARTS) is 1. The van der Waals surface area contributed by atoms with Gasteiger partial charge in [0.05, 0.1) is 0 Å². The Hall–Kier alpha value is -0.830. The standard InChI is InChI=1S/C11H13BrO2/c1-11(12,10(13)14)8-7-9-5-3-2-4-6-9/h2-6H,7-8H2,1H3,(H,13,14). The molecular weight excluding hydrogens is 244 g/mol. The van der Waals surface area contributed by atoms with Crippen LogP contribution in [0.25, 0.3) is 0 Å². The van der Waals surface area contributed by atoms with Crippen LogP contribution in [0.1, 0.15) is 18.9 Å². The quantitative estimate of drug-likeness (QED) is 0.842. The molecule has 0 fully saturated rings. The molecule has 1 aromatic rings. The van der Waals surface area contributed by atoms with Gasteiger partial charge in [0.15, 0.2) is 0 Å². The zero-order valence-electron chi connectivity index (χ0n) is 8.03. The van der Waals surface area contributed by atoms with Crippen molar-refractivity contribution in [1.82, 2.24) is 0 Å². The lowest BCUT2D eigenvalue weighted by Gasteiger charge is -2.16. The smallest absolute Gasteiger partial charge is 0.320 e. The van der Waals surface area contributed by atoms with Crippen LogP contribution in [0.5, 0.6) is 0 Å². The summed E-state index contributed by atoms with van der Waals surface area (Å²) in [4.78, 5) is 10.8. The van der Waals surface area contributed by atoms with Crippen LogP contribution < -0.4 is 0 Å². The average molecular weight is 257 g/mol. The fraction of sp³-hybridized carbons (Fsp3) is 0.364. The second kappa shape index (κ2) is 4.60. The number of carboxylic acids is 1. The van der Waals surface area contributed by atoms with Crippen molar-refractivity contribution in [2.75, 3.05) is 0 Å². The molecule has 3 heteroatoms. The summed E-state index contributed by atoms with van der Waals surface area (Å²) in [6, 6.07) is 9.88. The Bertz CT molecular complexity index is 306. The van der Waals surface area contributed by atoms with Gasteiger partial charge in [0, 0.05) is 0 Å². The number of hydrogen-bond donors (Lipinski definition) is 1. The lowest BCUT2D eigenvalue weighted by atomic mass is 10.0. The predicted molar refractivity (Wildman–Crippen MR) is 59.7 cm³/mol. The highest BCUT2D eigenvalue weighted by Gasteiger charge is 2.28. The maximum absolute atomic E-state index is 10.8. The molecule has 76 valence electrons. The van der Waals surface area contributed by atoms with Gasteiger partial charge in [-0.3, -0.25) is 4.79 Å². The first-order valence-electron chi connectivity index (χ1n) is 4.48. The van der Waals surface area contributed by atoms with Crippen LogP contribution in [0.15, 0.2) is 30.3 Å². The van der Waals surface area contributed by atoms with Gasteiger partial charge < -0.3 is 5.11 Å². The monoisotopic (exact) mass is 256 g/mol. The van der Waals surface area contributed by atoms with Crippen LogP contribution in [-0.4, -0.2) is 15.4 Å². The third kappa shape index (κ3) is 3.14. The van der Waals surface area contributed by atoms with Crippen molar-refractivity contribution in [3.05, 3.63) is 35.9 Å². The highest BCUT2D eigenvalue weighted by atomic mass is 79.9. The zero-order chi connectivity index (χ0) is 10.6. The van der Waals surface area contributed by atoms with Gasteiger partial charge in [0.2, 0.25) is 0 Å². The third-order valence-electron chi connectivity index (χ3n) is 2.17. The van der Waals surface area contributed by atoms with E-state index in [1.54, 1.807) is 6.92 Å². The number of alkyl halides is 1. The van der Waals surface area contributed by atoms with E-state index in [4.69, 9.17) is 5.11 Å². The van der Waals surface area contributed by atoms with Gasteiger partial charge in [0.25, 0.3) is 0 Å². The zero-order valence-corrected chi connectivity index (χ0v) is 9.62. The van der Waals surface area contributed by atoms with E-state index in [1.165, 1.54) is 5.56 Å². The second-order valence-corrected chi connectivity index (χ2v) is 5.24. The summed E-state index contributed by atoms with van der Waals surface area (Å²) in [5.74, 6) is -0.812. The van der Waals surface area contributed by atoms with Crippen LogP contribution in [-0.2, 0) is 11.2 Å². The number of hydrogen-bond acceptors (Lipinski definition) is 1. The molecule has 1 unspecified atom stereocenters. The van der Waals surface area contributed by atoms with Crippen molar-refractivity contribution >= 4 is 21.9 Å². The summed E-state index contributed by atoms with van der Waals surface area (Å²) in [7, 11) is 0. The number of benzene rings is 1. The fourth-order valence-corrected chi connectivity index (χ4v) is 1.33. The van der Waals surface area contributed by atoms with Crippen LogP contribution in [0, 0.1) is 0 Å². The number of aryl methyl sites for hydroxylation is 1. The molecule has 0 heterocycles. The van der Waals surface area contributed by atoms with E-state index in [0.717, 1.165) is 6.42 Å². The molecule has 0 spiro atoms. The molecular formula is C11H13BrO2. The highest BCUT2D eigenvalue weighted by Crippen LogP contribution is 2.24. The molecule has 0 aromatic heterocycles. The molecule has 14 heavy (non-hydrogen) atoms. The normalized spacial score (nSPS) is 14.7. The Kier molecular flexibility index (Phi) is 3.69. The molecule has 0 saturated heterocycles. The van der Waals surface area contributed by atoms with E-state index in [-0.39, 0.29) is 0 Å². The second-order valence-electron chi connectivity index (χ2n) is 3.49. The Morgan fingerprint density at radius 1 is 1.43 bits per heavy atom. The third-order valence-corrected chi connectivity index (χ3v) is 2.91. The Labute approximate surface area is 92.1 Å². The lowest BCUT2D eigenvalue weighted by Crippen LogP contribution is -2.28. The fourth-order valence-electron chi connectivity index (χ4n) is 1.13. The molecule has 0 bridgehead atoms. The van der Waals surface area contributed by atoms with Gasteiger partial charge in [-0.05, 0) is 25.3 Å². The van der Waals surface area contributed by atoms with Crippen molar-refractivity contribution in [2.45, 2.75) is 24.1 Å². The van der Waals surface area contributed by atoms with Crippen LogP contribution in [0.4, 0.5) is 0 Å². The molecule has 1 rings (SSSR count). The van der Waals surface area contributed by atoms with E-state index >= 15 is 0 Å². The van der Waals surface area contributed by atoms with Crippen LogP contribution in [0.2, 0.25) is 0 Å². The van der Waals surface area contributed by atoms with Gasteiger partial charge in [0.1, 0.15) is 4.32 Å². The Morgan fingerprint density at radius 2 is 2.00 bits per heavy atom. The highest BCUT2D eigenvalue weighted by molar-refractivity contribution is 9.10. The van der Waals surface area contributed by atoms with Crippen molar-refractivity contribution < 1.29 is 9.90 Å². The van der Waals surface area contributed by atoms with Crippen molar-refractivity contribution in [2.24, 2.45) is 0 Å². The van der Waals surface area contributed by atoms with E-state index in [0.29, 0.717) is 6.42 Å². The molecule has 0 aliphatic carbocycles. The average Bonchev–Trinajstić information content (AvgIpc) is 2.16. The summed E-state index contributed by atoms with van der Waals surface area (Å²) < 4.78 is -0.817. The lowest BCUT2D eigenvalue weighted by molar-refractivity contribution is -0.139. The molecule has 1 atom stereocenters. The molecule has 0 amide bonds. The SMILES string of the molecule is CC(Br)(CCc1ccccc1)C(=O)O. The molecule has 0 radical (unpaired) electrons. The van der Waals surface area contributed by atoms with E-state index in [2.05, 4.69) is 15.9 Å². The minimum absolute atomic E-state index is 0.590. The largest absolute Gasteiger partial charge is 0.480 e. The first-order valence-corrected chi connectivity index (χ1v) is 5.28. The van der Waals surface area contributed by atoms with E-state index < -0.39 is 10.3 Å². The number of carbonyl (C=O) groups is 1. The Morgan fingerprint density at radius 3 is 2.50 bits per heavy atom. The summed E-state index contributed by atoms with van der Waals surface area (Å²) in [6.45, 7) is 1.68. The van der Waals surface area contributed by atoms with Crippen molar-refractivity contribution in [3.63, 3.8) is 0 Å². The molecule has 1 N–H and O–H groups in total. The molecule has 1 aromatic carbocycles. The number of halogens is 1. The molecule has 2 nitrogen and oxygen atoms in total. The maximum Gasteiger partial charge on any atom is 0.320 e. The summed E-state index contributed by atoms with van der Waals surface area (Å²) in [6.07, 6.45) is 1.36. The maximum atomic E-state index is 10.8. The summed E-state index contributed by atoms with van der Waals surface area (Å²) in [5, 5.41) is 8.87. The van der Waals surface area contributed by atoms with Crippen molar-refractivity contribution in [3.8, 4) is 0 Å². The minimum Gasteiger partial charge on any atom is -0.480 e. The Balaban J connectivity index is 2.53. The van der Waals surface area contributed by atoms with Gasteiger partial charge in [-0.1, -0.05) is 46.3 Å². The summed E-state index contributed by atoms with van der Waals surface area (Å²) >= 11 is 3.20. The van der Waals surface area contributed by atoms with Crippen molar-refractivity contribution in [1.29, 1.82) is 0 Å². The molecule has 0 aliphatic heterocycles. The van der Waals surface area contributed by atoms with E-state index in [9.17, 15) is 4.79 Å². The van der Waals surface area contributed by atoms with Gasteiger partial charge in [-0.2, -0.15) is 0 Å². The van der Waals surface area contributed by atoms with E-state index in [1.807, 2.05) is 30.3 Å². The van der Waals surface area contributed by atoms with Crippen LogP contribution in [0.3, 0.4) is 0 Å². The predicted octanol–water partition coefficient (Wildman–Crippen LogP) is 2.86. The molecule has 0 saturated carbocycles. The number of rotatable bonds is 4. The number of aliphatic carboxylic acids is 1. The first kappa shape index (κ1) is 11.2.